The summed E-state index contributed by atoms with van der Waals surface area (Å²) in [5, 5.41) is 0. The van der Waals surface area contributed by atoms with Crippen LogP contribution < -0.4 is 5.56 Å². The van der Waals surface area contributed by atoms with Crippen LogP contribution in [-0.4, -0.2) is 4.57 Å². The number of hydrogen-bond acceptors (Lipinski definition) is 1. The summed E-state index contributed by atoms with van der Waals surface area (Å²) in [6.07, 6.45) is 1.13. The molecule has 0 amide bonds. The van der Waals surface area contributed by atoms with Gasteiger partial charge in [-0.15, -0.1) is 0 Å². The maximum Gasteiger partial charge on any atom is 0.321 e. The van der Waals surface area contributed by atoms with Crippen LogP contribution in [-0.2, 0) is 5.41 Å². The van der Waals surface area contributed by atoms with Gasteiger partial charge in [0, 0.05) is 12.3 Å². The van der Waals surface area contributed by atoms with Crippen LogP contribution in [0.3, 0.4) is 0 Å². The van der Waals surface area contributed by atoms with Crippen molar-refractivity contribution >= 4 is 0 Å². The van der Waals surface area contributed by atoms with Gasteiger partial charge in [0.2, 0.25) is 0 Å². The summed E-state index contributed by atoms with van der Waals surface area (Å²) in [7, 11) is 0. The van der Waals surface area contributed by atoms with Crippen molar-refractivity contribution in [3.05, 3.63) is 34.2 Å². The Morgan fingerprint density at radius 2 is 1.93 bits per heavy atom. The molecular weight excluding hydrogens is 188 g/mol. The zero-order valence-electron chi connectivity index (χ0n) is 8.42. The first kappa shape index (κ1) is 10.9. The fourth-order valence-electron chi connectivity index (χ4n) is 1.12. The highest BCUT2D eigenvalue weighted by Gasteiger charge is 2.16. The summed E-state index contributed by atoms with van der Waals surface area (Å²) in [6.45, 7) is 3.01. The van der Waals surface area contributed by atoms with Gasteiger partial charge in [0.1, 0.15) is 0 Å². The largest absolute Gasteiger partial charge is 0.321 e. The summed E-state index contributed by atoms with van der Waals surface area (Å²) >= 11 is 0. The average Bonchev–Trinajstić information content (AvgIpc) is 2.01. The first-order valence-corrected chi connectivity index (χ1v) is 4.33. The molecule has 0 radical (unpaired) electrons. The van der Waals surface area contributed by atoms with Gasteiger partial charge in [0.05, 0.1) is 0 Å². The molecule has 0 unspecified atom stereocenters. The topological polar surface area (TPSA) is 22.0 Å². The predicted octanol–water partition coefficient (Wildman–Crippen LogP) is 2.54. The highest BCUT2D eigenvalue weighted by Crippen LogP contribution is 2.20. The molecule has 0 fully saturated rings. The SMILES string of the molecule is CC(C)(C)c1ccn(C(F)F)c(=O)c1. The van der Waals surface area contributed by atoms with Crippen molar-refractivity contribution in [2.24, 2.45) is 0 Å². The first-order valence-electron chi connectivity index (χ1n) is 4.33. The van der Waals surface area contributed by atoms with Gasteiger partial charge in [-0.1, -0.05) is 20.8 Å². The van der Waals surface area contributed by atoms with Crippen LogP contribution in [0.4, 0.5) is 8.78 Å². The van der Waals surface area contributed by atoms with E-state index in [0.29, 0.717) is 4.57 Å². The maximum absolute atomic E-state index is 12.2. The van der Waals surface area contributed by atoms with E-state index in [1.807, 2.05) is 20.8 Å². The Morgan fingerprint density at radius 3 is 2.29 bits per heavy atom. The molecule has 0 atom stereocenters. The Hall–Kier alpha value is -1.19. The summed E-state index contributed by atoms with van der Waals surface area (Å²) in [5.74, 6) is 0. The van der Waals surface area contributed by atoms with Crippen LogP contribution in [0.1, 0.15) is 32.9 Å². The van der Waals surface area contributed by atoms with Crippen LogP contribution >= 0.6 is 0 Å². The maximum atomic E-state index is 12.2. The molecule has 1 heterocycles. The van der Waals surface area contributed by atoms with Crippen LogP contribution in [0.25, 0.3) is 0 Å². The second kappa shape index (κ2) is 3.52. The third kappa shape index (κ3) is 2.19. The first-order chi connectivity index (χ1) is 6.32. The minimum absolute atomic E-state index is 0.194. The Morgan fingerprint density at radius 1 is 1.36 bits per heavy atom. The van der Waals surface area contributed by atoms with Crippen molar-refractivity contribution in [1.82, 2.24) is 4.57 Å². The van der Waals surface area contributed by atoms with Crippen LogP contribution in [0, 0.1) is 0 Å². The molecule has 0 aromatic carbocycles. The number of aromatic nitrogens is 1. The molecule has 78 valence electrons. The molecule has 0 aliphatic carbocycles. The molecule has 0 aliphatic heterocycles. The van der Waals surface area contributed by atoms with E-state index in [9.17, 15) is 13.6 Å². The molecule has 1 aromatic rings. The average molecular weight is 201 g/mol. The number of pyridine rings is 1. The normalized spacial score (nSPS) is 12.1. The second-order valence-electron chi connectivity index (χ2n) is 4.19. The summed E-state index contributed by atoms with van der Waals surface area (Å²) in [5.41, 5.74) is -0.0905. The van der Waals surface area contributed by atoms with E-state index in [1.165, 1.54) is 6.07 Å². The predicted molar refractivity (Wildman–Crippen MR) is 50.7 cm³/mol. The lowest BCUT2D eigenvalue weighted by Gasteiger charge is -2.18. The molecule has 4 heteroatoms. The molecular formula is C10H13F2NO. The van der Waals surface area contributed by atoms with Crippen LogP contribution in [0.15, 0.2) is 23.1 Å². The van der Waals surface area contributed by atoms with Crippen LogP contribution in [0.5, 0.6) is 0 Å². The number of nitrogens with zero attached hydrogens (tertiary/aromatic N) is 1. The Balaban J connectivity index is 3.21. The third-order valence-corrected chi connectivity index (χ3v) is 2.02. The molecule has 0 spiro atoms. The second-order valence-corrected chi connectivity index (χ2v) is 4.19. The van der Waals surface area contributed by atoms with Crippen molar-refractivity contribution in [1.29, 1.82) is 0 Å². The van der Waals surface area contributed by atoms with Gasteiger partial charge < -0.3 is 0 Å². The van der Waals surface area contributed by atoms with Gasteiger partial charge in [-0.3, -0.25) is 9.36 Å². The van der Waals surface area contributed by atoms with E-state index >= 15 is 0 Å². The van der Waals surface area contributed by atoms with Gasteiger partial charge in [-0.2, -0.15) is 8.78 Å². The summed E-state index contributed by atoms with van der Waals surface area (Å²) in [4.78, 5) is 11.2. The van der Waals surface area contributed by atoms with Crippen molar-refractivity contribution in [3.8, 4) is 0 Å². The van der Waals surface area contributed by atoms with Crippen molar-refractivity contribution < 1.29 is 8.78 Å². The molecule has 0 aliphatic rings. The minimum atomic E-state index is -2.77. The highest BCUT2D eigenvalue weighted by molar-refractivity contribution is 5.19. The van der Waals surface area contributed by atoms with Crippen LogP contribution in [0.2, 0.25) is 0 Å². The fraction of sp³-hybridized carbons (Fsp3) is 0.500. The monoisotopic (exact) mass is 201 g/mol. The van der Waals surface area contributed by atoms with Gasteiger partial charge in [0.15, 0.2) is 0 Å². The lowest BCUT2D eigenvalue weighted by atomic mass is 9.88. The zero-order chi connectivity index (χ0) is 10.9. The molecule has 2 nitrogen and oxygen atoms in total. The number of alkyl halides is 2. The summed E-state index contributed by atoms with van der Waals surface area (Å²) in [6, 6.07) is 2.81. The van der Waals surface area contributed by atoms with E-state index < -0.39 is 12.1 Å². The third-order valence-electron chi connectivity index (χ3n) is 2.02. The Kier molecular flexibility index (Phi) is 2.73. The Labute approximate surface area is 81.2 Å². The molecule has 0 saturated carbocycles. The van der Waals surface area contributed by atoms with E-state index in [1.54, 1.807) is 6.07 Å². The zero-order valence-corrected chi connectivity index (χ0v) is 8.42. The molecule has 14 heavy (non-hydrogen) atoms. The van der Waals surface area contributed by atoms with E-state index in [2.05, 4.69) is 0 Å². The number of hydrogen-bond donors (Lipinski definition) is 0. The lowest BCUT2D eigenvalue weighted by Crippen LogP contribution is -2.23. The van der Waals surface area contributed by atoms with E-state index in [-0.39, 0.29) is 5.41 Å². The smallest absolute Gasteiger partial charge is 0.269 e. The van der Waals surface area contributed by atoms with Gasteiger partial charge in [-0.05, 0) is 17.0 Å². The van der Waals surface area contributed by atoms with Crippen molar-refractivity contribution in [3.63, 3.8) is 0 Å². The minimum Gasteiger partial charge on any atom is -0.269 e. The van der Waals surface area contributed by atoms with Gasteiger partial charge in [0.25, 0.3) is 5.56 Å². The van der Waals surface area contributed by atoms with Crippen molar-refractivity contribution in [2.45, 2.75) is 32.7 Å². The standard InChI is InChI=1S/C10H13F2NO/c1-10(2,3)7-4-5-13(9(11)12)8(14)6-7/h4-6,9H,1-3H3. The van der Waals surface area contributed by atoms with E-state index in [0.717, 1.165) is 11.8 Å². The molecule has 0 bridgehead atoms. The quantitative estimate of drug-likeness (QED) is 0.684. The lowest BCUT2D eigenvalue weighted by molar-refractivity contribution is 0.0662. The summed E-state index contributed by atoms with van der Waals surface area (Å²) < 4.78 is 24.9. The van der Waals surface area contributed by atoms with Gasteiger partial charge >= 0.3 is 6.55 Å². The Bertz CT molecular complexity index is 376. The highest BCUT2D eigenvalue weighted by atomic mass is 19.3. The fourth-order valence-corrected chi connectivity index (χ4v) is 1.12. The number of halogens is 2. The molecule has 1 aromatic heterocycles. The molecule has 0 N–H and O–H groups in total. The molecule has 1 rings (SSSR count). The number of rotatable bonds is 1. The van der Waals surface area contributed by atoms with Gasteiger partial charge in [-0.25, -0.2) is 0 Å². The van der Waals surface area contributed by atoms with E-state index in [4.69, 9.17) is 0 Å². The molecule has 0 saturated heterocycles. The van der Waals surface area contributed by atoms with Crippen molar-refractivity contribution in [2.75, 3.05) is 0 Å².